The largest absolute Gasteiger partial charge is 0.339 e. The maximum Gasteiger partial charge on any atom is 0.233 e. The third-order valence-corrected chi connectivity index (χ3v) is 4.40. The number of benzene rings is 1. The van der Waals surface area contributed by atoms with Crippen LogP contribution in [0.25, 0.3) is 0 Å². The number of carbonyl (C=O) groups excluding carboxylic acids is 1. The molecule has 1 amide bonds. The van der Waals surface area contributed by atoms with Crippen molar-refractivity contribution >= 4 is 18.3 Å². The Bertz CT molecular complexity index is 485. The van der Waals surface area contributed by atoms with Crippen LogP contribution in [0.15, 0.2) is 24.3 Å². The van der Waals surface area contributed by atoms with Gasteiger partial charge < -0.3 is 10.2 Å². The van der Waals surface area contributed by atoms with Crippen molar-refractivity contribution in [3.63, 3.8) is 0 Å². The van der Waals surface area contributed by atoms with E-state index in [2.05, 4.69) is 5.32 Å². The fourth-order valence-electron chi connectivity index (χ4n) is 3.11. The van der Waals surface area contributed by atoms with E-state index in [0.29, 0.717) is 0 Å². The summed E-state index contributed by atoms with van der Waals surface area (Å²) in [5, 5.41) is 3.25. The van der Waals surface area contributed by atoms with Crippen molar-refractivity contribution in [3.8, 4) is 0 Å². The molecule has 20 heavy (non-hydrogen) atoms. The Labute approximate surface area is 124 Å². The molecule has 3 nitrogen and oxygen atoms in total. The average Bonchev–Trinajstić information content (AvgIpc) is 2.38. The van der Waals surface area contributed by atoms with Crippen molar-refractivity contribution in [2.75, 3.05) is 26.2 Å². The molecule has 0 unspecified atom stereocenters. The summed E-state index contributed by atoms with van der Waals surface area (Å²) in [5.74, 6) is -0.0669. The van der Waals surface area contributed by atoms with Crippen LogP contribution in [0.4, 0.5) is 4.39 Å². The predicted molar refractivity (Wildman–Crippen MR) is 78.6 cm³/mol. The number of hydrogen-bond acceptors (Lipinski definition) is 2. The molecule has 0 aromatic heterocycles. The first-order chi connectivity index (χ1) is 9.22. The second-order valence-corrected chi connectivity index (χ2v) is 5.49. The van der Waals surface area contributed by atoms with Gasteiger partial charge in [0.15, 0.2) is 0 Å². The Kier molecular flexibility index (Phi) is 4.66. The smallest absolute Gasteiger partial charge is 0.233 e. The molecule has 3 rings (SSSR count). The van der Waals surface area contributed by atoms with E-state index >= 15 is 0 Å². The number of nitrogens with one attached hydrogen (secondary N) is 1. The Morgan fingerprint density at radius 1 is 1.25 bits per heavy atom. The molecule has 0 bridgehead atoms. The van der Waals surface area contributed by atoms with Gasteiger partial charge in [-0.3, -0.25) is 4.79 Å². The number of carbonyl (C=O) groups is 1. The lowest BCUT2D eigenvalue weighted by Crippen LogP contribution is -2.56. The quantitative estimate of drug-likeness (QED) is 0.907. The lowest BCUT2D eigenvalue weighted by atomic mass is 9.63. The van der Waals surface area contributed by atoms with Crippen LogP contribution in [-0.2, 0) is 10.2 Å². The van der Waals surface area contributed by atoms with Crippen LogP contribution in [0.2, 0.25) is 0 Å². The molecule has 110 valence electrons. The summed E-state index contributed by atoms with van der Waals surface area (Å²) >= 11 is 0. The zero-order chi connectivity index (χ0) is 13.3. The molecular weight excluding hydrogens is 279 g/mol. The van der Waals surface area contributed by atoms with Crippen LogP contribution in [0.1, 0.15) is 24.8 Å². The number of hydrogen-bond donors (Lipinski definition) is 1. The highest BCUT2D eigenvalue weighted by atomic mass is 35.5. The molecule has 1 aromatic rings. The van der Waals surface area contributed by atoms with Crippen LogP contribution >= 0.6 is 12.4 Å². The summed E-state index contributed by atoms with van der Waals surface area (Å²) < 4.78 is 13.4. The Hall–Kier alpha value is -1.13. The summed E-state index contributed by atoms with van der Waals surface area (Å²) in [5.41, 5.74) is 0.390. The molecule has 1 N–H and O–H groups in total. The molecule has 0 atom stereocenters. The summed E-state index contributed by atoms with van der Waals surface area (Å²) in [7, 11) is 0. The van der Waals surface area contributed by atoms with Crippen molar-refractivity contribution in [1.82, 2.24) is 10.2 Å². The van der Waals surface area contributed by atoms with E-state index < -0.39 is 5.41 Å². The number of nitrogens with zero attached hydrogens (tertiary/aromatic N) is 1. The van der Waals surface area contributed by atoms with Gasteiger partial charge in [-0.15, -0.1) is 12.4 Å². The number of amides is 1. The van der Waals surface area contributed by atoms with Crippen molar-refractivity contribution in [2.45, 2.75) is 24.7 Å². The van der Waals surface area contributed by atoms with Gasteiger partial charge in [0.1, 0.15) is 5.82 Å². The van der Waals surface area contributed by atoms with E-state index in [0.717, 1.165) is 51.0 Å². The molecule has 1 saturated heterocycles. The molecule has 1 heterocycles. The number of rotatable bonds is 2. The standard InChI is InChI=1S/C15H19FN2O.ClH/c16-13-4-1-3-12(11-13)15(5-2-6-15)14(19)18-9-7-17-8-10-18;/h1,3-4,11,17H,2,5-10H2;1H. The highest BCUT2D eigenvalue weighted by Gasteiger charge is 2.47. The first kappa shape index (κ1) is 15.3. The Balaban J connectivity index is 0.00000147. The van der Waals surface area contributed by atoms with E-state index in [-0.39, 0.29) is 24.1 Å². The average molecular weight is 299 g/mol. The van der Waals surface area contributed by atoms with Crippen LogP contribution in [0, 0.1) is 5.82 Å². The summed E-state index contributed by atoms with van der Waals surface area (Å²) in [4.78, 5) is 14.7. The van der Waals surface area contributed by atoms with Crippen LogP contribution < -0.4 is 5.32 Å². The summed E-state index contributed by atoms with van der Waals surface area (Å²) in [6, 6.07) is 6.56. The maximum absolute atomic E-state index is 13.4. The molecule has 1 aliphatic carbocycles. The van der Waals surface area contributed by atoms with Gasteiger partial charge in [-0.2, -0.15) is 0 Å². The first-order valence-electron chi connectivity index (χ1n) is 6.98. The highest BCUT2D eigenvalue weighted by Crippen LogP contribution is 2.45. The normalized spacial score (nSPS) is 20.8. The minimum absolute atomic E-state index is 0. The predicted octanol–water partition coefficient (Wildman–Crippen LogP) is 2.10. The van der Waals surface area contributed by atoms with Crippen molar-refractivity contribution in [3.05, 3.63) is 35.6 Å². The fourth-order valence-corrected chi connectivity index (χ4v) is 3.11. The van der Waals surface area contributed by atoms with Crippen LogP contribution in [0.5, 0.6) is 0 Å². The molecule has 1 aromatic carbocycles. The van der Waals surface area contributed by atoms with E-state index in [1.54, 1.807) is 6.07 Å². The highest BCUT2D eigenvalue weighted by molar-refractivity contribution is 5.89. The fraction of sp³-hybridized carbons (Fsp3) is 0.533. The van der Waals surface area contributed by atoms with Gasteiger partial charge in [-0.05, 0) is 30.5 Å². The maximum atomic E-state index is 13.4. The molecule has 1 saturated carbocycles. The lowest BCUT2D eigenvalue weighted by Gasteiger charge is -2.45. The third kappa shape index (κ3) is 2.54. The summed E-state index contributed by atoms with van der Waals surface area (Å²) in [6.45, 7) is 3.22. The molecular formula is C15H20ClFN2O. The van der Waals surface area contributed by atoms with Gasteiger partial charge in [-0.25, -0.2) is 4.39 Å². The van der Waals surface area contributed by atoms with Gasteiger partial charge in [0, 0.05) is 26.2 Å². The van der Waals surface area contributed by atoms with E-state index in [1.165, 1.54) is 12.1 Å². The van der Waals surface area contributed by atoms with Crippen LogP contribution in [0.3, 0.4) is 0 Å². The van der Waals surface area contributed by atoms with E-state index in [9.17, 15) is 9.18 Å². The Morgan fingerprint density at radius 2 is 1.95 bits per heavy atom. The third-order valence-electron chi connectivity index (χ3n) is 4.40. The van der Waals surface area contributed by atoms with Gasteiger partial charge in [0.05, 0.1) is 5.41 Å². The Morgan fingerprint density at radius 3 is 2.50 bits per heavy atom. The number of halogens is 2. The minimum Gasteiger partial charge on any atom is -0.339 e. The SMILES string of the molecule is Cl.O=C(N1CCNCC1)C1(c2cccc(F)c2)CCC1. The zero-order valence-corrected chi connectivity index (χ0v) is 12.2. The van der Waals surface area contributed by atoms with Crippen molar-refractivity contribution in [1.29, 1.82) is 0 Å². The van der Waals surface area contributed by atoms with Gasteiger partial charge in [0.25, 0.3) is 0 Å². The molecule has 2 fully saturated rings. The van der Waals surface area contributed by atoms with Gasteiger partial charge in [-0.1, -0.05) is 18.6 Å². The van der Waals surface area contributed by atoms with E-state index in [1.807, 2.05) is 11.0 Å². The second-order valence-electron chi connectivity index (χ2n) is 5.49. The molecule has 0 spiro atoms. The molecule has 1 aliphatic heterocycles. The zero-order valence-electron chi connectivity index (χ0n) is 11.4. The lowest BCUT2D eigenvalue weighted by molar-refractivity contribution is -0.141. The van der Waals surface area contributed by atoms with Gasteiger partial charge in [0.2, 0.25) is 5.91 Å². The van der Waals surface area contributed by atoms with Gasteiger partial charge >= 0.3 is 0 Å². The van der Waals surface area contributed by atoms with Crippen molar-refractivity contribution in [2.24, 2.45) is 0 Å². The summed E-state index contributed by atoms with van der Waals surface area (Å²) in [6.07, 6.45) is 2.74. The van der Waals surface area contributed by atoms with Crippen LogP contribution in [-0.4, -0.2) is 37.0 Å². The molecule has 0 radical (unpaired) electrons. The molecule has 5 heteroatoms. The second kappa shape index (κ2) is 6.10. The monoisotopic (exact) mass is 298 g/mol. The molecule has 2 aliphatic rings. The van der Waals surface area contributed by atoms with E-state index in [4.69, 9.17) is 0 Å². The van der Waals surface area contributed by atoms with Crippen molar-refractivity contribution < 1.29 is 9.18 Å². The first-order valence-corrected chi connectivity index (χ1v) is 6.98. The number of piperazine rings is 1. The topological polar surface area (TPSA) is 32.3 Å². The minimum atomic E-state index is -0.459.